The van der Waals surface area contributed by atoms with Crippen LogP contribution in [-0.4, -0.2) is 12.5 Å². The second-order valence-corrected chi connectivity index (χ2v) is 4.01. The molecule has 0 saturated carbocycles. The summed E-state index contributed by atoms with van der Waals surface area (Å²) in [5.74, 6) is 0.902. The number of carbonyl (C=O) groups is 1. The van der Waals surface area contributed by atoms with E-state index in [0.29, 0.717) is 12.5 Å². The molecular formula is C13H17NO2. The van der Waals surface area contributed by atoms with E-state index in [1.165, 1.54) is 6.08 Å². The number of carbonyl (C=O) groups excluding carboxylic acids is 1. The van der Waals surface area contributed by atoms with E-state index in [0.717, 1.165) is 11.3 Å². The standard InChI is InChI=1S/C13H17NO2/c1-10(2)9-16-12-6-3-11(4-7-12)5-8-13(14)15/h3-8,10H,9H2,1-2H3,(H2,14,15). The molecule has 3 heteroatoms. The van der Waals surface area contributed by atoms with Gasteiger partial charge in [-0.2, -0.15) is 0 Å². The smallest absolute Gasteiger partial charge is 0.241 e. The van der Waals surface area contributed by atoms with Crippen LogP contribution in [0.15, 0.2) is 30.3 Å². The third-order valence-electron chi connectivity index (χ3n) is 1.90. The summed E-state index contributed by atoms with van der Waals surface area (Å²) in [6.07, 6.45) is 3.01. The van der Waals surface area contributed by atoms with Crippen LogP contribution in [0, 0.1) is 5.92 Å². The van der Waals surface area contributed by atoms with E-state index in [2.05, 4.69) is 13.8 Å². The van der Waals surface area contributed by atoms with Gasteiger partial charge in [0.25, 0.3) is 0 Å². The van der Waals surface area contributed by atoms with Gasteiger partial charge >= 0.3 is 0 Å². The Kier molecular flexibility index (Phi) is 4.58. The molecule has 0 radical (unpaired) electrons. The first-order chi connectivity index (χ1) is 7.58. The molecule has 0 spiro atoms. The first kappa shape index (κ1) is 12.3. The Hall–Kier alpha value is -1.77. The zero-order valence-electron chi connectivity index (χ0n) is 9.64. The van der Waals surface area contributed by atoms with Gasteiger partial charge in [-0.05, 0) is 29.7 Å². The number of hydrogen-bond acceptors (Lipinski definition) is 2. The highest BCUT2D eigenvalue weighted by molar-refractivity contribution is 5.90. The van der Waals surface area contributed by atoms with Crippen LogP contribution >= 0.6 is 0 Å². The number of rotatable bonds is 5. The van der Waals surface area contributed by atoms with Crippen LogP contribution in [0.4, 0.5) is 0 Å². The minimum atomic E-state index is -0.444. The van der Waals surface area contributed by atoms with Crippen LogP contribution in [-0.2, 0) is 4.79 Å². The maximum Gasteiger partial charge on any atom is 0.241 e. The Balaban J connectivity index is 2.57. The van der Waals surface area contributed by atoms with E-state index in [1.807, 2.05) is 24.3 Å². The normalized spacial score (nSPS) is 10.9. The molecular weight excluding hydrogens is 202 g/mol. The summed E-state index contributed by atoms with van der Waals surface area (Å²) in [7, 11) is 0. The van der Waals surface area contributed by atoms with Gasteiger partial charge in [-0.25, -0.2) is 0 Å². The molecule has 0 unspecified atom stereocenters. The SMILES string of the molecule is CC(C)COc1ccc(C=CC(N)=O)cc1. The second kappa shape index (κ2) is 5.95. The highest BCUT2D eigenvalue weighted by atomic mass is 16.5. The van der Waals surface area contributed by atoms with Crippen LogP contribution < -0.4 is 10.5 Å². The largest absolute Gasteiger partial charge is 0.493 e. The summed E-state index contributed by atoms with van der Waals surface area (Å²) in [6, 6.07) is 7.52. The molecule has 1 aromatic carbocycles. The maximum absolute atomic E-state index is 10.5. The molecule has 0 aliphatic carbocycles. The molecule has 3 nitrogen and oxygen atoms in total. The van der Waals surface area contributed by atoms with Crippen molar-refractivity contribution >= 4 is 12.0 Å². The molecule has 0 aromatic heterocycles. The van der Waals surface area contributed by atoms with E-state index in [-0.39, 0.29) is 0 Å². The van der Waals surface area contributed by atoms with Crippen molar-refractivity contribution in [2.45, 2.75) is 13.8 Å². The third-order valence-corrected chi connectivity index (χ3v) is 1.90. The van der Waals surface area contributed by atoms with Gasteiger partial charge in [-0.15, -0.1) is 0 Å². The van der Waals surface area contributed by atoms with Gasteiger partial charge in [0.05, 0.1) is 6.61 Å². The number of nitrogens with two attached hydrogens (primary N) is 1. The Morgan fingerprint density at radius 3 is 2.50 bits per heavy atom. The maximum atomic E-state index is 10.5. The molecule has 2 N–H and O–H groups in total. The molecule has 16 heavy (non-hydrogen) atoms. The predicted molar refractivity (Wildman–Crippen MR) is 65.0 cm³/mol. The van der Waals surface area contributed by atoms with Crippen LogP contribution in [0.25, 0.3) is 6.08 Å². The fourth-order valence-electron chi connectivity index (χ4n) is 1.12. The Labute approximate surface area is 95.9 Å². The molecule has 1 aromatic rings. The lowest BCUT2D eigenvalue weighted by atomic mass is 10.2. The minimum Gasteiger partial charge on any atom is -0.493 e. The molecule has 1 rings (SSSR count). The zero-order valence-corrected chi connectivity index (χ0v) is 9.64. The molecule has 0 aliphatic rings. The molecule has 0 aliphatic heterocycles. The highest BCUT2D eigenvalue weighted by Gasteiger charge is 1.96. The topological polar surface area (TPSA) is 52.3 Å². The molecule has 0 fully saturated rings. The van der Waals surface area contributed by atoms with Crippen molar-refractivity contribution in [1.29, 1.82) is 0 Å². The van der Waals surface area contributed by atoms with Gasteiger partial charge in [0, 0.05) is 6.08 Å². The summed E-state index contributed by atoms with van der Waals surface area (Å²) >= 11 is 0. The van der Waals surface area contributed by atoms with E-state index in [9.17, 15) is 4.79 Å². The Morgan fingerprint density at radius 1 is 1.38 bits per heavy atom. The Bertz CT molecular complexity index is 366. The number of primary amides is 1. The van der Waals surface area contributed by atoms with Gasteiger partial charge in [0.2, 0.25) is 5.91 Å². The summed E-state index contributed by atoms with van der Waals surface area (Å²) < 4.78 is 5.53. The quantitative estimate of drug-likeness (QED) is 0.772. The molecule has 0 heterocycles. The lowest BCUT2D eigenvalue weighted by molar-refractivity contribution is -0.113. The van der Waals surface area contributed by atoms with Crippen LogP contribution in [0.1, 0.15) is 19.4 Å². The van der Waals surface area contributed by atoms with Crippen molar-refractivity contribution in [3.8, 4) is 5.75 Å². The lowest BCUT2D eigenvalue weighted by Gasteiger charge is -2.08. The predicted octanol–water partition coefficient (Wildman–Crippen LogP) is 2.22. The monoisotopic (exact) mass is 219 g/mol. The summed E-state index contributed by atoms with van der Waals surface area (Å²) in [5.41, 5.74) is 5.93. The van der Waals surface area contributed by atoms with E-state index >= 15 is 0 Å². The number of amides is 1. The average Bonchev–Trinajstić information content (AvgIpc) is 2.25. The fourth-order valence-corrected chi connectivity index (χ4v) is 1.12. The van der Waals surface area contributed by atoms with Crippen molar-refractivity contribution < 1.29 is 9.53 Å². The van der Waals surface area contributed by atoms with Crippen LogP contribution in [0.5, 0.6) is 5.75 Å². The summed E-state index contributed by atoms with van der Waals surface area (Å²) in [5, 5.41) is 0. The van der Waals surface area contributed by atoms with Crippen LogP contribution in [0.2, 0.25) is 0 Å². The number of benzene rings is 1. The van der Waals surface area contributed by atoms with E-state index in [4.69, 9.17) is 10.5 Å². The van der Waals surface area contributed by atoms with Crippen molar-refractivity contribution in [2.75, 3.05) is 6.61 Å². The minimum absolute atomic E-state index is 0.444. The Morgan fingerprint density at radius 2 is 2.00 bits per heavy atom. The van der Waals surface area contributed by atoms with Crippen molar-refractivity contribution in [1.82, 2.24) is 0 Å². The van der Waals surface area contributed by atoms with Crippen molar-refractivity contribution in [3.05, 3.63) is 35.9 Å². The number of ether oxygens (including phenoxy) is 1. The third kappa shape index (κ3) is 4.64. The van der Waals surface area contributed by atoms with Gasteiger partial charge < -0.3 is 10.5 Å². The lowest BCUT2D eigenvalue weighted by Crippen LogP contribution is -2.05. The fraction of sp³-hybridized carbons (Fsp3) is 0.308. The summed E-state index contributed by atoms with van der Waals surface area (Å²) in [6.45, 7) is 4.91. The first-order valence-corrected chi connectivity index (χ1v) is 5.28. The van der Waals surface area contributed by atoms with Crippen molar-refractivity contribution in [3.63, 3.8) is 0 Å². The molecule has 86 valence electrons. The average molecular weight is 219 g/mol. The second-order valence-electron chi connectivity index (χ2n) is 4.01. The van der Waals surface area contributed by atoms with Gasteiger partial charge in [0.1, 0.15) is 5.75 Å². The van der Waals surface area contributed by atoms with Gasteiger partial charge in [0.15, 0.2) is 0 Å². The first-order valence-electron chi connectivity index (χ1n) is 5.28. The van der Waals surface area contributed by atoms with Crippen molar-refractivity contribution in [2.24, 2.45) is 11.7 Å². The van der Waals surface area contributed by atoms with Gasteiger partial charge in [-0.1, -0.05) is 26.0 Å². The zero-order chi connectivity index (χ0) is 12.0. The van der Waals surface area contributed by atoms with E-state index < -0.39 is 5.91 Å². The molecule has 0 bridgehead atoms. The molecule has 1 amide bonds. The molecule has 0 atom stereocenters. The van der Waals surface area contributed by atoms with Gasteiger partial charge in [-0.3, -0.25) is 4.79 Å². The molecule has 0 saturated heterocycles. The van der Waals surface area contributed by atoms with Crippen LogP contribution in [0.3, 0.4) is 0 Å². The highest BCUT2D eigenvalue weighted by Crippen LogP contribution is 2.13. The van der Waals surface area contributed by atoms with E-state index in [1.54, 1.807) is 6.08 Å². The summed E-state index contributed by atoms with van der Waals surface area (Å²) in [4.78, 5) is 10.5. The number of hydrogen-bond donors (Lipinski definition) is 1.